The molecule has 0 atom stereocenters. The molecule has 0 heterocycles. The summed E-state index contributed by atoms with van der Waals surface area (Å²) in [6, 6.07) is 0. The standard InChI is InChI=1S/C11H16O4/c12-10(13)8-6-4-2-1-3-5-7-9-11(14)15/h1-2,5,7H,3-4,6,8-9H2,(H,12,13)(H,14,15)/b2-1-,7-5-. The highest BCUT2D eigenvalue weighted by atomic mass is 16.4. The van der Waals surface area contributed by atoms with Crippen LogP contribution in [0.15, 0.2) is 24.3 Å². The van der Waals surface area contributed by atoms with Crippen LogP contribution in [0, 0.1) is 0 Å². The Balaban J connectivity index is 3.35. The van der Waals surface area contributed by atoms with E-state index in [4.69, 9.17) is 10.2 Å². The summed E-state index contributed by atoms with van der Waals surface area (Å²) < 4.78 is 0. The number of carbonyl (C=O) groups is 2. The van der Waals surface area contributed by atoms with Crippen molar-refractivity contribution >= 4 is 11.9 Å². The first-order chi connectivity index (χ1) is 7.13. The Labute approximate surface area is 88.9 Å². The lowest BCUT2D eigenvalue weighted by Crippen LogP contribution is -1.92. The van der Waals surface area contributed by atoms with Crippen LogP contribution in [0.5, 0.6) is 0 Å². The lowest BCUT2D eigenvalue weighted by atomic mass is 10.2. The first-order valence-corrected chi connectivity index (χ1v) is 4.86. The molecule has 4 heteroatoms. The van der Waals surface area contributed by atoms with Crippen LogP contribution in [-0.4, -0.2) is 22.2 Å². The predicted octanol–water partition coefficient (Wildman–Crippen LogP) is 2.22. The van der Waals surface area contributed by atoms with Gasteiger partial charge >= 0.3 is 11.9 Å². The molecular formula is C11H16O4. The summed E-state index contributed by atoms with van der Waals surface area (Å²) in [5.41, 5.74) is 0. The second-order valence-corrected chi connectivity index (χ2v) is 3.06. The van der Waals surface area contributed by atoms with E-state index in [0.717, 1.165) is 6.42 Å². The molecule has 2 N–H and O–H groups in total. The van der Waals surface area contributed by atoms with E-state index in [0.29, 0.717) is 12.8 Å². The van der Waals surface area contributed by atoms with Crippen LogP contribution in [0.1, 0.15) is 32.1 Å². The van der Waals surface area contributed by atoms with Crippen molar-refractivity contribution in [3.63, 3.8) is 0 Å². The fraction of sp³-hybridized carbons (Fsp3) is 0.455. The van der Waals surface area contributed by atoms with Crippen LogP contribution in [0.4, 0.5) is 0 Å². The van der Waals surface area contributed by atoms with E-state index >= 15 is 0 Å². The monoisotopic (exact) mass is 212 g/mol. The molecule has 84 valence electrons. The second-order valence-electron chi connectivity index (χ2n) is 3.06. The number of carboxylic acids is 2. The Morgan fingerprint density at radius 2 is 1.60 bits per heavy atom. The highest BCUT2D eigenvalue weighted by Gasteiger charge is 1.92. The Morgan fingerprint density at radius 3 is 2.20 bits per heavy atom. The van der Waals surface area contributed by atoms with Gasteiger partial charge in [0.05, 0.1) is 6.42 Å². The van der Waals surface area contributed by atoms with Crippen molar-refractivity contribution < 1.29 is 19.8 Å². The fourth-order valence-electron chi connectivity index (χ4n) is 0.944. The fourth-order valence-corrected chi connectivity index (χ4v) is 0.944. The van der Waals surface area contributed by atoms with Crippen LogP contribution in [0.2, 0.25) is 0 Å². The van der Waals surface area contributed by atoms with E-state index in [1.165, 1.54) is 0 Å². The van der Waals surface area contributed by atoms with Gasteiger partial charge in [0.25, 0.3) is 0 Å². The molecule has 0 aliphatic carbocycles. The van der Waals surface area contributed by atoms with Crippen molar-refractivity contribution in [2.24, 2.45) is 0 Å². The molecule has 0 saturated heterocycles. The highest BCUT2D eigenvalue weighted by Crippen LogP contribution is 1.98. The average molecular weight is 212 g/mol. The molecule has 0 saturated carbocycles. The molecule has 0 rings (SSSR count). The Morgan fingerprint density at radius 1 is 0.933 bits per heavy atom. The van der Waals surface area contributed by atoms with E-state index in [2.05, 4.69) is 0 Å². The molecule has 0 bridgehead atoms. The lowest BCUT2D eigenvalue weighted by Gasteiger charge is -1.89. The highest BCUT2D eigenvalue weighted by molar-refractivity contribution is 5.68. The number of aliphatic carboxylic acids is 2. The number of rotatable bonds is 8. The Hall–Kier alpha value is -1.58. The van der Waals surface area contributed by atoms with Gasteiger partial charge in [-0.3, -0.25) is 9.59 Å². The van der Waals surface area contributed by atoms with E-state index in [1.54, 1.807) is 12.2 Å². The molecule has 15 heavy (non-hydrogen) atoms. The summed E-state index contributed by atoms with van der Waals surface area (Å²) in [4.78, 5) is 20.3. The molecule has 4 nitrogen and oxygen atoms in total. The van der Waals surface area contributed by atoms with Gasteiger partial charge in [-0.1, -0.05) is 24.3 Å². The second kappa shape index (κ2) is 8.99. The minimum absolute atomic E-state index is 0.0485. The average Bonchev–Trinajstić information content (AvgIpc) is 2.14. The molecule has 0 amide bonds. The molecule has 0 aliphatic rings. The van der Waals surface area contributed by atoms with Crippen molar-refractivity contribution in [3.8, 4) is 0 Å². The molecule has 0 spiro atoms. The molecule has 0 radical (unpaired) electrons. The number of unbranched alkanes of at least 4 members (excludes halogenated alkanes) is 1. The van der Waals surface area contributed by atoms with Crippen LogP contribution < -0.4 is 0 Å². The molecule has 0 aliphatic heterocycles. The van der Waals surface area contributed by atoms with Crippen LogP contribution in [0.25, 0.3) is 0 Å². The van der Waals surface area contributed by atoms with Gasteiger partial charge < -0.3 is 10.2 Å². The summed E-state index contributed by atoms with van der Waals surface area (Å²) in [6.45, 7) is 0. The Bertz CT molecular complexity index is 253. The van der Waals surface area contributed by atoms with Crippen molar-refractivity contribution in [2.45, 2.75) is 32.1 Å². The topological polar surface area (TPSA) is 74.6 Å². The third-order valence-corrected chi connectivity index (χ3v) is 1.66. The first kappa shape index (κ1) is 13.4. The van der Waals surface area contributed by atoms with Crippen LogP contribution >= 0.6 is 0 Å². The van der Waals surface area contributed by atoms with Gasteiger partial charge in [-0.25, -0.2) is 0 Å². The van der Waals surface area contributed by atoms with Gasteiger partial charge in [-0.05, 0) is 19.3 Å². The number of carboxylic acid groups (broad SMARTS) is 2. The molecular weight excluding hydrogens is 196 g/mol. The zero-order valence-electron chi connectivity index (χ0n) is 8.56. The summed E-state index contributed by atoms with van der Waals surface area (Å²) in [5.74, 6) is -1.61. The van der Waals surface area contributed by atoms with Gasteiger partial charge in [-0.15, -0.1) is 0 Å². The van der Waals surface area contributed by atoms with Crippen LogP contribution in [0.3, 0.4) is 0 Å². The summed E-state index contributed by atoms with van der Waals surface area (Å²) in [7, 11) is 0. The lowest BCUT2D eigenvalue weighted by molar-refractivity contribution is -0.137. The third kappa shape index (κ3) is 12.4. The molecule has 0 unspecified atom stereocenters. The van der Waals surface area contributed by atoms with Gasteiger partial charge in [0, 0.05) is 6.42 Å². The molecule has 0 aromatic heterocycles. The zero-order chi connectivity index (χ0) is 11.5. The minimum atomic E-state index is -0.836. The molecule has 0 fully saturated rings. The van der Waals surface area contributed by atoms with Crippen LogP contribution in [-0.2, 0) is 9.59 Å². The number of hydrogen-bond acceptors (Lipinski definition) is 2. The minimum Gasteiger partial charge on any atom is -0.481 e. The van der Waals surface area contributed by atoms with E-state index in [9.17, 15) is 9.59 Å². The maximum absolute atomic E-state index is 10.1. The van der Waals surface area contributed by atoms with E-state index in [1.807, 2.05) is 12.2 Å². The van der Waals surface area contributed by atoms with Crippen molar-refractivity contribution in [2.75, 3.05) is 0 Å². The van der Waals surface area contributed by atoms with Gasteiger partial charge in [0.15, 0.2) is 0 Å². The molecule has 0 aromatic carbocycles. The quantitative estimate of drug-likeness (QED) is 0.478. The van der Waals surface area contributed by atoms with Gasteiger partial charge in [0.2, 0.25) is 0 Å². The zero-order valence-corrected chi connectivity index (χ0v) is 8.56. The summed E-state index contributed by atoms with van der Waals surface area (Å²) >= 11 is 0. The normalized spacial score (nSPS) is 11.2. The third-order valence-electron chi connectivity index (χ3n) is 1.66. The van der Waals surface area contributed by atoms with Crippen molar-refractivity contribution in [3.05, 3.63) is 24.3 Å². The smallest absolute Gasteiger partial charge is 0.307 e. The summed E-state index contributed by atoms with van der Waals surface area (Å²) in [6.07, 6.45) is 9.52. The number of allylic oxidation sites excluding steroid dienone is 3. The van der Waals surface area contributed by atoms with Gasteiger partial charge in [0.1, 0.15) is 0 Å². The molecule has 0 aromatic rings. The largest absolute Gasteiger partial charge is 0.481 e. The maximum Gasteiger partial charge on any atom is 0.307 e. The van der Waals surface area contributed by atoms with E-state index < -0.39 is 11.9 Å². The van der Waals surface area contributed by atoms with E-state index in [-0.39, 0.29) is 12.8 Å². The SMILES string of the molecule is O=C(O)C/C=C\C/C=C\CCCC(=O)O. The number of hydrogen-bond donors (Lipinski definition) is 2. The summed E-state index contributed by atoms with van der Waals surface area (Å²) in [5, 5.41) is 16.7. The Kier molecular flexibility index (Phi) is 8.05. The first-order valence-electron chi connectivity index (χ1n) is 4.86. The van der Waals surface area contributed by atoms with Crippen molar-refractivity contribution in [1.82, 2.24) is 0 Å². The van der Waals surface area contributed by atoms with Crippen molar-refractivity contribution in [1.29, 1.82) is 0 Å². The maximum atomic E-state index is 10.1. The van der Waals surface area contributed by atoms with Gasteiger partial charge in [-0.2, -0.15) is 0 Å². The predicted molar refractivity (Wildman–Crippen MR) is 56.6 cm³/mol.